The molecule has 27 heavy (non-hydrogen) atoms. The zero-order valence-corrected chi connectivity index (χ0v) is 14.2. The Labute approximate surface area is 155 Å². The third-order valence-electron chi connectivity index (χ3n) is 3.95. The number of hydrogen-bond donors (Lipinski definition) is 2. The number of pyridine rings is 1. The number of rotatable bonds is 4. The van der Waals surface area contributed by atoms with Crippen molar-refractivity contribution in [3.63, 3.8) is 0 Å². The molecule has 0 radical (unpaired) electrons. The van der Waals surface area contributed by atoms with Crippen molar-refractivity contribution in [1.29, 1.82) is 0 Å². The van der Waals surface area contributed by atoms with Gasteiger partial charge >= 0.3 is 0 Å². The molecule has 136 valence electrons. The highest BCUT2D eigenvalue weighted by atomic mass is 19.1. The molecule has 2 aromatic carbocycles. The van der Waals surface area contributed by atoms with Gasteiger partial charge in [-0.25, -0.2) is 9.37 Å². The number of fused-ring (bicyclic) bond motifs is 1. The van der Waals surface area contributed by atoms with Gasteiger partial charge in [0.05, 0.1) is 17.4 Å². The summed E-state index contributed by atoms with van der Waals surface area (Å²) in [6.07, 6.45) is 1.50. The number of carbonyl (C=O) groups excluding carboxylic acids is 1. The third kappa shape index (κ3) is 3.82. The molecule has 6 nitrogen and oxygen atoms in total. The quantitative estimate of drug-likeness (QED) is 0.731. The molecule has 1 aromatic heterocycles. The van der Waals surface area contributed by atoms with Gasteiger partial charge in [0.1, 0.15) is 24.8 Å². The molecule has 1 aliphatic rings. The van der Waals surface area contributed by atoms with Crippen LogP contribution in [0.1, 0.15) is 10.4 Å². The van der Waals surface area contributed by atoms with Crippen LogP contribution < -0.4 is 20.1 Å². The summed E-state index contributed by atoms with van der Waals surface area (Å²) in [6, 6.07) is 14.7. The Kier molecular flexibility index (Phi) is 4.57. The Morgan fingerprint density at radius 3 is 2.52 bits per heavy atom. The highest BCUT2D eigenvalue weighted by Gasteiger charge is 2.13. The van der Waals surface area contributed by atoms with E-state index in [1.165, 1.54) is 24.4 Å². The van der Waals surface area contributed by atoms with Crippen LogP contribution in [0.3, 0.4) is 0 Å². The summed E-state index contributed by atoms with van der Waals surface area (Å²) in [4.78, 5) is 16.4. The molecule has 0 bridgehead atoms. The average Bonchev–Trinajstić information content (AvgIpc) is 2.70. The number of amides is 1. The van der Waals surface area contributed by atoms with Crippen LogP contribution in [0, 0.1) is 5.82 Å². The van der Waals surface area contributed by atoms with Gasteiger partial charge in [-0.05, 0) is 36.4 Å². The number of anilines is 3. The third-order valence-corrected chi connectivity index (χ3v) is 3.95. The lowest BCUT2D eigenvalue weighted by molar-refractivity contribution is 0.102. The van der Waals surface area contributed by atoms with Crippen LogP contribution in [-0.2, 0) is 0 Å². The summed E-state index contributed by atoms with van der Waals surface area (Å²) in [5.41, 5.74) is 1.25. The summed E-state index contributed by atoms with van der Waals surface area (Å²) in [5.74, 6) is 0.892. The molecule has 0 spiro atoms. The second kappa shape index (κ2) is 7.33. The molecule has 7 heteroatoms. The van der Waals surface area contributed by atoms with E-state index < -0.39 is 11.7 Å². The number of benzene rings is 2. The average molecular weight is 365 g/mol. The Hall–Kier alpha value is -3.61. The molecular weight excluding hydrogens is 349 g/mol. The Balaban J connectivity index is 1.43. The topological polar surface area (TPSA) is 72.5 Å². The number of halogens is 1. The van der Waals surface area contributed by atoms with E-state index in [1.54, 1.807) is 18.2 Å². The van der Waals surface area contributed by atoms with E-state index in [0.29, 0.717) is 36.2 Å². The highest BCUT2D eigenvalue weighted by molar-refractivity contribution is 6.04. The summed E-state index contributed by atoms with van der Waals surface area (Å²) >= 11 is 0. The zero-order chi connectivity index (χ0) is 18.6. The summed E-state index contributed by atoms with van der Waals surface area (Å²) in [7, 11) is 0. The first kappa shape index (κ1) is 16.8. The van der Waals surface area contributed by atoms with Crippen molar-refractivity contribution in [2.24, 2.45) is 0 Å². The molecule has 0 aliphatic carbocycles. The predicted molar refractivity (Wildman–Crippen MR) is 99.3 cm³/mol. The van der Waals surface area contributed by atoms with Gasteiger partial charge in [0.25, 0.3) is 5.91 Å². The van der Waals surface area contributed by atoms with Crippen molar-refractivity contribution in [3.8, 4) is 11.5 Å². The van der Waals surface area contributed by atoms with Gasteiger partial charge in [0, 0.05) is 11.8 Å². The van der Waals surface area contributed by atoms with E-state index in [9.17, 15) is 9.18 Å². The van der Waals surface area contributed by atoms with Crippen LogP contribution in [0.5, 0.6) is 11.5 Å². The number of aromatic nitrogens is 1. The second-order valence-electron chi connectivity index (χ2n) is 5.85. The molecule has 3 aromatic rings. The number of nitrogens with zero attached hydrogens (tertiary/aromatic N) is 1. The second-order valence-corrected chi connectivity index (χ2v) is 5.85. The zero-order valence-electron chi connectivity index (χ0n) is 14.2. The van der Waals surface area contributed by atoms with E-state index in [2.05, 4.69) is 15.6 Å². The van der Waals surface area contributed by atoms with Crippen LogP contribution in [0.2, 0.25) is 0 Å². The molecule has 0 atom stereocenters. The SMILES string of the molecule is O=C(Nc1ccc(Nc2ccc3c(c2)OCCO3)nc1)c1ccccc1F. The van der Waals surface area contributed by atoms with Crippen LogP contribution in [0.25, 0.3) is 0 Å². The molecule has 0 saturated heterocycles. The van der Waals surface area contributed by atoms with Gasteiger partial charge in [-0.15, -0.1) is 0 Å². The lowest BCUT2D eigenvalue weighted by atomic mass is 10.2. The maximum absolute atomic E-state index is 13.7. The van der Waals surface area contributed by atoms with E-state index in [4.69, 9.17) is 9.47 Å². The van der Waals surface area contributed by atoms with Crippen LogP contribution in [0.4, 0.5) is 21.6 Å². The van der Waals surface area contributed by atoms with Gasteiger partial charge in [-0.2, -0.15) is 0 Å². The minimum Gasteiger partial charge on any atom is -0.486 e. The molecule has 0 unspecified atom stereocenters. The van der Waals surface area contributed by atoms with Gasteiger partial charge in [-0.1, -0.05) is 12.1 Å². The largest absolute Gasteiger partial charge is 0.486 e. The molecule has 0 fully saturated rings. The van der Waals surface area contributed by atoms with Crippen molar-refractivity contribution in [2.75, 3.05) is 23.8 Å². The maximum Gasteiger partial charge on any atom is 0.258 e. The number of hydrogen-bond acceptors (Lipinski definition) is 5. The Morgan fingerprint density at radius 1 is 0.963 bits per heavy atom. The van der Waals surface area contributed by atoms with E-state index in [-0.39, 0.29) is 5.56 Å². The van der Waals surface area contributed by atoms with Gasteiger partial charge in [-0.3, -0.25) is 4.79 Å². The van der Waals surface area contributed by atoms with Crippen molar-refractivity contribution in [1.82, 2.24) is 4.98 Å². The van der Waals surface area contributed by atoms with Gasteiger partial charge < -0.3 is 20.1 Å². The van der Waals surface area contributed by atoms with Crippen molar-refractivity contribution in [3.05, 3.63) is 72.2 Å². The van der Waals surface area contributed by atoms with Crippen LogP contribution in [0.15, 0.2) is 60.8 Å². The van der Waals surface area contributed by atoms with Crippen LogP contribution in [-0.4, -0.2) is 24.1 Å². The molecule has 2 heterocycles. The normalized spacial score (nSPS) is 12.3. The fraction of sp³-hybridized carbons (Fsp3) is 0.100. The minimum atomic E-state index is -0.570. The Morgan fingerprint density at radius 2 is 1.74 bits per heavy atom. The molecular formula is C20H16FN3O3. The van der Waals surface area contributed by atoms with Crippen molar-refractivity contribution in [2.45, 2.75) is 0 Å². The summed E-state index contributed by atoms with van der Waals surface area (Å²) in [6.45, 7) is 1.06. The maximum atomic E-state index is 13.7. The number of ether oxygens (including phenoxy) is 2. The van der Waals surface area contributed by atoms with Crippen LogP contribution >= 0.6 is 0 Å². The van der Waals surface area contributed by atoms with Crippen molar-refractivity contribution < 1.29 is 18.7 Å². The molecule has 1 amide bonds. The number of carbonyl (C=O) groups is 1. The molecule has 2 N–H and O–H groups in total. The van der Waals surface area contributed by atoms with Gasteiger partial charge in [0.2, 0.25) is 0 Å². The Bertz CT molecular complexity index is 976. The lowest BCUT2D eigenvalue weighted by Gasteiger charge is -2.19. The summed E-state index contributed by atoms with van der Waals surface area (Å²) < 4.78 is 24.7. The summed E-state index contributed by atoms with van der Waals surface area (Å²) in [5, 5.41) is 5.78. The van der Waals surface area contributed by atoms with E-state index >= 15 is 0 Å². The molecule has 0 saturated carbocycles. The first-order valence-electron chi connectivity index (χ1n) is 8.38. The number of nitrogens with one attached hydrogen (secondary N) is 2. The predicted octanol–water partition coefficient (Wildman–Crippen LogP) is 3.99. The lowest BCUT2D eigenvalue weighted by Crippen LogP contribution is -2.15. The van der Waals surface area contributed by atoms with Gasteiger partial charge in [0.15, 0.2) is 11.5 Å². The standard InChI is InChI=1S/C20H16FN3O3/c21-16-4-2-1-3-15(16)20(25)24-14-6-8-19(22-12-14)23-13-5-7-17-18(11-13)27-10-9-26-17/h1-8,11-12H,9-10H2,(H,22,23)(H,24,25). The molecule has 1 aliphatic heterocycles. The fourth-order valence-corrected chi connectivity index (χ4v) is 2.65. The first-order valence-corrected chi connectivity index (χ1v) is 8.38. The molecule has 4 rings (SSSR count). The minimum absolute atomic E-state index is 0.0176. The fourth-order valence-electron chi connectivity index (χ4n) is 2.65. The van der Waals surface area contributed by atoms with E-state index in [1.807, 2.05) is 18.2 Å². The first-order chi connectivity index (χ1) is 13.2. The highest BCUT2D eigenvalue weighted by Crippen LogP contribution is 2.33. The van der Waals surface area contributed by atoms with Crippen molar-refractivity contribution >= 4 is 23.1 Å². The smallest absolute Gasteiger partial charge is 0.258 e. The van der Waals surface area contributed by atoms with E-state index in [0.717, 1.165) is 5.69 Å². The monoisotopic (exact) mass is 365 g/mol.